The largest absolute Gasteiger partial charge is 0.362 e. The zero-order chi connectivity index (χ0) is 7.11. The van der Waals surface area contributed by atoms with E-state index in [1.165, 1.54) is 25.2 Å². The SMILES string of the molecule is CCCP(CCC)OC. The van der Waals surface area contributed by atoms with Gasteiger partial charge in [-0.3, -0.25) is 0 Å². The van der Waals surface area contributed by atoms with Crippen molar-refractivity contribution < 1.29 is 4.52 Å². The van der Waals surface area contributed by atoms with Crippen LogP contribution in [0.5, 0.6) is 0 Å². The van der Waals surface area contributed by atoms with Crippen LogP contribution in [0.25, 0.3) is 0 Å². The molecule has 0 fully saturated rings. The van der Waals surface area contributed by atoms with Crippen molar-refractivity contribution >= 4 is 8.15 Å². The van der Waals surface area contributed by atoms with Crippen LogP contribution < -0.4 is 0 Å². The first-order valence-corrected chi connectivity index (χ1v) is 5.27. The number of hydrogen-bond acceptors (Lipinski definition) is 1. The van der Waals surface area contributed by atoms with Crippen LogP contribution in [-0.2, 0) is 4.52 Å². The molecule has 0 spiro atoms. The normalized spacial score (nSPS) is 10.7. The van der Waals surface area contributed by atoms with Crippen molar-refractivity contribution in [3.05, 3.63) is 0 Å². The molecule has 0 saturated carbocycles. The number of rotatable bonds is 5. The van der Waals surface area contributed by atoms with E-state index < -0.39 is 0 Å². The third kappa shape index (κ3) is 4.87. The summed E-state index contributed by atoms with van der Waals surface area (Å²) in [7, 11) is 1.77. The summed E-state index contributed by atoms with van der Waals surface area (Å²) in [5.74, 6) is 0. The molecule has 0 aliphatic carbocycles. The third-order valence-corrected chi connectivity index (χ3v) is 3.61. The molecule has 0 aliphatic heterocycles. The van der Waals surface area contributed by atoms with Gasteiger partial charge in [-0.2, -0.15) is 0 Å². The summed E-state index contributed by atoms with van der Waals surface area (Å²) in [6.45, 7) is 4.42. The van der Waals surface area contributed by atoms with Gasteiger partial charge in [-0.15, -0.1) is 0 Å². The summed E-state index contributed by atoms with van der Waals surface area (Å²) in [5, 5.41) is 0. The molecule has 9 heavy (non-hydrogen) atoms. The lowest BCUT2D eigenvalue weighted by atomic mass is 10.6. The van der Waals surface area contributed by atoms with Crippen molar-refractivity contribution in [2.24, 2.45) is 0 Å². The van der Waals surface area contributed by atoms with E-state index in [0.29, 0.717) is 0 Å². The molecule has 0 bridgehead atoms. The predicted molar refractivity (Wildman–Crippen MR) is 44.2 cm³/mol. The molecule has 0 heterocycles. The lowest BCUT2D eigenvalue weighted by Gasteiger charge is -2.11. The molecule has 0 N–H and O–H groups in total. The molecule has 56 valence electrons. The van der Waals surface area contributed by atoms with Crippen LogP contribution in [0, 0.1) is 0 Å². The van der Waals surface area contributed by atoms with Crippen molar-refractivity contribution in [2.75, 3.05) is 19.4 Å². The van der Waals surface area contributed by atoms with Crippen LogP contribution in [0.1, 0.15) is 26.7 Å². The average molecular weight is 148 g/mol. The van der Waals surface area contributed by atoms with Crippen molar-refractivity contribution in [2.45, 2.75) is 26.7 Å². The minimum Gasteiger partial charge on any atom is -0.362 e. The number of hydrogen-bond donors (Lipinski definition) is 0. The second-order valence-corrected chi connectivity index (χ2v) is 4.33. The van der Waals surface area contributed by atoms with E-state index in [1.54, 1.807) is 0 Å². The molecule has 0 atom stereocenters. The van der Waals surface area contributed by atoms with Crippen molar-refractivity contribution in [1.82, 2.24) is 0 Å². The first-order chi connectivity index (χ1) is 4.35. The molecular formula is C7H17OP. The Kier molecular flexibility index (Phi) is 6.79. The zero-order valence-corrected chi connectivity index (χ0v) is 7.58. The van der Waals surface area contributed by atoms with Gasteiger partial charge in [-0.25, -0.2) is 0 Å². The third-order valence-electron chi connectivity index (χ3n) is 1.20. The molecule has 0 radical (unpaired) electrons. The highest BCUT2D eigenvalue weighted by atomic mass is 31.1. The fourth-order valence-corrected chi connectivity index (χ4v) is 2.38. The molecule has 0 rings (SSSR count). The second kappa shape index (κ2) is 6.51. The fourth-order valence-electron chi connectivity index (χ4n) is 0.793. The maximum atomic E-state index is 5.30. The Balaban J connectivity index is 3.18. The van der Waals surface area contributed by atoms with E-state index in [4.69, 9.17) is 4.52 Å². The summed E-state index contributed by atoms with van der Waals surface area (Å²) in [5.41, 5.74) is 0. The molecule has 0 saturated heterocycles. The first-order valence-electron chi connectivity index (χ1n) is 3.64. The first kappa shape index (κ1) is 9.39. The lowest BCUT2D eigenvalue weighted by Crippen LogP contribution is -1.89. The van der Waals surface area contributed by atoms with Gasteiger partial charge in [0.1, 0.15) is 0 Å². The van der Waals surface area contributed by atoms with Crippen LogP contribution in [0.2, 0.25) is 0 Å². The van der Waals surface area contributed by atoms with Crippen molar-refractivity contribution in [3.63, 3.8) is 0 Å². The van der Waals surface area contributed by atoms with E-state index in [2.05, 4.69) is 13.8 Å². The molecule has 0 aliphatic rings. The van der Waals surface area contributed by atoms with Crippen LogP contribution in [0.3, 0.4) is 0 Å². The quantitative estimate of drug-likeness (QED) is 0.545. The molecule has 0 aromatic carbocycles. The van der Waals surface area contributed by atoms with Gasteiger partial charge in [0.15, 0.2) is 0 Å². The highest BCUT2D eigenvalue weighted by Gasteiger charge is 2.01. The van der Waals surface area contributed by atoms with Crippen LogP contribution >= 0.6 is 8.15 Å². The topological polar surface area (TPSA) is 9.23 Å². The highest BCUT2D eigenvalue weighted by molar-refractivity contribution is 7.52. The molecule has 0 aromatic heterocycles. The molecule has 0 unspecified atom stereocenters. The van der Waals surface area contributed by atoms with Gasteiger partial charge in [0.25, 0.3) is 0 Å². The molecular weight excluding hydrogens is 131 g/mol. The van der Waals surface area contributed by atoms with E-state index in [1.807, 2.05) is 7.11 Å². The Morgan fingerprint density at radius 1 is 1.11 bits per heavy atom. The fraction of sp³-hybridized carbons (Fsp3) is 1.00. The highest BCUT2D eigenvalue weighted by Crippen LogP contribution is 2.36. The average Bonchev–Trinajstić information content (AvgIpc) is 1.88. The summed E-state index contributed by atoms with van der Waals surface area (Å²) >= 11 is 0. The van der Waals surface area contributed by atoms with E-state index in [9.17, 15) is 0 Å². The van der Waals surface area contributed by atoms with Crippen molar-refractivity contribution in [1.29, 1.82) is 0 Å². The monoisotopic (exact) mass is 148 g/mol. The van der Waals surface area contributed by atoms with Crippen molar-refractivity contribution in [3.8, 4) is 0 Å². The lowest BCUT2D eigenvalue weighted by molar-refractivity contribution is 0.459. The maximum Gasteiger partial charge on any atom is 0.0398 e. The van der Waals surface area contributed by atoms with E-state index >= 15 is 0 Å². The Morgan fingerprint density at radius 3 is 1.78 bits per heavy atom. The smallest absolute Gasteiger partial charge is 0.0398 e. The summed E-state index contributed by atoms with van der Waals surface area (Å²) in [6, 6.07) is 0. The molecule has 2 heteroatoms. The standard InChI is InChI=1S/C7H17OP/c1-4-6-9(8-3)7-5-2/h4-7H2,1-3H3. The van der Waals surface area contributed by atoms with Crippen LogP contribution in [0.4, 0.5) is 0 Å². The van der Waals surface area contributed by atoms with E-state index in [-0.39, 0.29) is 8.15 Å². The van der Waals surface area contributed by atoms with Crippen LogP contribution in [0.15, 0.2) is 0 Å². The summed E-state index contributed by atoms with van der Waals surface area (Å²) in [6.07, 6.45) is 5.08. The van der Waals surface area contributed by atoms with Crippen LogP contribution in [-0.4, -0.2) is 19.4 Å². The minimum absolute atomic E-state index is 0.0586. The van der Waals surface area contributed by atoms with Gasteiger partial charge in [0, 0.05) is 15.3 Å². The molecule has 0 aromatic rings. The summed E-state index contributed by atoms with van der Waals surface area (Å²) < 4.78 is 5.30. The maximum absolute atomic E-state index is 5.30. The Labute approximate surface area is 59.6 Å². The predicted octanol–water partition coefficient (Wildman–Crippen LogP) is 2.85. The zero-order valence-electron chi connectivity index (χ0n) is 6.68. The summed E-state index contributed by atoms with van der Waals surface area (Å²) in [4.78, 5) is 0. The molecule has 0 amide bonds. The Morgan fingerprint density at radius 2 is 1.56 bits per heavy atom. The van der Waals surface area contributed by atoms with Gasteiger partial charge < -0.3 is 4.52 Å². The Hall–Kier alpha value is 0.390. The van der Waals surface area contributed by atoms with Gasteiger partial charge in [-0.1, -0.05) is 26.7 Å². The van der Waals surface area contributed by atoms with Gasteiger partial charge in [0.2, 0.25) is 0 Å². The van der Waals surface area contributed by atoms with E-state index in [0.717, 1.165) is 0 Å². The van der Waals surface area contributed by atoms with Gasteiger partial charge >= 0.3 is 0 Å². The minimum atomic E-state index is -0.0586. The second-order valence-electron chi connectivity index (χ2n) is 2.11. The Bertz CT molecular complexity index is 50.9. The molecule has 1 nitrogen and oxygen atoms in total. The van der Waals surface area contributed by atoms with Gasteiger partial charge in [0.05, 0.1) is 0 Å². The van der Waals surface area contributed by atoms with Gasteiger partial charge in [-0.05, 0) is 12.3 Å².